The van der Waals surface area contributed by atoms with E-state index >= 15 is 0 Å². The molecule has 2 aromatic carbocycles. The van der Waals surface area contributed by atoms with Crippen LogP contribution in [0.3, 0.4) is 0 Å². The van der Waals surface area contributed by atoms with E-state index in [0.29, 0.717) is 19.5 Å². The van der Waals surface area contributed by atoms with Crippen LogP contribution in [0.4, 0.5) is 0 Å². The fourth-order valence-electron chi connectivity index (χ4n) is 4.33. The zero-order chi connectivity index (χ0) is 23.3. The van der Waals surface area contributed by atoms with Crippen LogP contribution in [0.5, 0.6) is 11.5 Å². The first kappa shape index (κ1) is 22.0. The number of rotatable bonds is 7. The van der Waals surface area contributed by atoms with E-state index < -0.39 is 6.04 Å². The maximum Gasteiger partial charge on any atom is 0.287 e. The lowest BCUT2D eigenvalue weighted by Crippen LogP contribution is -2.55. The van der Waals surface area contributed by atoms with Crippen molar-refractivity contribution in [3.63, 3.8) is 0 Å². The van der Waals surface area contributed by atoms with Gasteiger partial charge in [0.2, 0.25) is 12.7 Å². The van der Waals surface area contributed by atoms with Crippen LogP contribution in [0, 0.1) is 0 Å². The van der Waals surface area contributed by atoms with Gasteiger partial charge in [-0.25, -0.2) is 0 Å². The Kier molecular flexibility index (Phi) is 6.49. The Labute approximate surface area is 198 Å². The molecule has 2 amide bonds. The molecule has 1 saturated heterocycles. The molecule has 34 heavy (non-hydrogen) atoms. The van der Waals surface area contributed by atoms with Crippen molar-refractivity contribution in [3.8, 4) is 11.5 Å². The van der Waals surface area contributed by atoms with Crippen molar-refractivity contribution in [3.05, 3.63) is 83.8 Å². The SMILES string of the molecule is O=C(N[C@@H](Cc1ccccc1)C(=O)N1CCN(Cc2ccc3c(c2)OCO3)CC1)c1ccco1. The Morgan fingerprint density at radius 3 is 2.44 bits per heavy atom. The number of benzene rings is 2. The van der Waals surface area contributed by atoms with Gasteiger partial charge in [0, 0.05) is 39.1 Å². The highest BCUT2D eigenvalue weighted by atomic mass is 16.7. The molecule has 0 spiro atoms. The van der Waals surface area contributed by atoms with Crippen LogP contribution >= 0.6 is 0 Å². The molecular weight excluding hydrogens is 434 g/mol. The molecule has 2 aliphatic heterocycles. The molecule has 1 atom stereocenters. The minimum Gasteiger partial charge on any atom is -0.459 e. The summed E-state index contributed by atoms with van der Waals surface area (Å²) in [5.41, 5.74) is 2.14. The molecule has 2 aliphatic rings. The molecule has 3 aromatic rings. The third-order valence-electron chi connectivity index (χ3n) is 6.16. The maximum absolute atomic E-state index is 13.4. The predicted octanol–water partition coefficient (Wildman–Crippen LogP) is 2.69. The molecule has 8 nitrogen and oxygen atoms in total. The summed E-state index contributed by atoms with van der Waals surface area (Å²) in [5.74, 6) is 1.29. The highest BCUT2D eigenvalue weighted by Crippen LogP contribution is 2.32. The van der Waals surface area contributed by atoms with Gasteiger partial charge in [0.05, 0.1) is 6.26 Å². The molecule has 1 fully saturated rings. The Hall–Kier alpha value is -3.78. The third-order valence-corrected chi connectivity index (χ3v) is 6.16. The second-order valence-corrected chi connectivity index (χ2v) is 8.48. The topological polar surface area (TPSA) is 84.3 Å². The largest absolute Gasteiger partial charge is 0.459 e. The first-order valence-electron chi connectivity index (χ1n) is 11.4. The first-order valence-corrected chi connectivity index (χ1v) is 11.4. The lowest BCUT2D eigenvalue weighted by Gasteiger charge is -2.36. The predicted molar refractivity (Wildman–Crippen MR) is 125 cm³/mol. The fourth-order valence-corrected chi connectivity index (χ4v) is 4.33. The van der Waals surface area contributed by atoms with Crippen molar-refractivity contribution in [2.45, 2.75) is 19.0 Å². The first-order chi connectivity index (χ1) is 16.7. The highest BCUT2D eigenvalue weighted by molar-refractivity contribution is 5.95. The van der Waals surface area contributed by atoms with Crippen molar-refractivity contribution in [1.29, 1.82) is 0 Å². The molecule has 0 aliphatic carbocycles. The standard InChI is InChI=1S/C26H27N3O5/c30-25(23-7-4-14-32-23)27-21(15-19-5-2-1-3-6-19)26(31)29-12-10-28(11-13-29)17-20-8-9-22-24(16-20)34-18-33-22/h1-9,14,16,21H,10-13,15,17-18H2,(H,27,30)/t21-/m0/s1. The molecule has 1 aromatic heterocycles. The Balaban J connectivity index is 1.21. The summed E-state index contributed by atoms with van der Waals surface area (Å²) in [4.78, 5) is 30.2. The zero-order valence-corrected chi connectivity index (χ0v) is 18.8. The van der Waals surface area contributed by atoms with Gasteiger partial charge in [-0.05, 0) is 35.4 Å². The van der Waals surface area contributed by atoms with Crippen molar-refractivity contribution in [2.24, 2.45) is 0 Å². The average molecular weight is 462 g/mol. The van der Waals surface area contributed by atoms with Crippen LogP contribution in [-0.4, -0.2) is 60.6 Å². The number of hydrogen-bond donors (Lipinski definition) is 1. The van der Waals surface area contributed by atoms with Crippen molar-refractivity contribution in [1.82, 2.24) is 15.1 Å². The summed E-state index contributed by atoms with van der Waals surface area (Å²) in [6.45, 7) is 3.76. The average Bonchev–Trinajstić information content (AvgIpc) is 3.56. The third kappa shape index (κ3) is 5.07. The summed E-state index contributed by atoms with van der Waals surface area (Å²) in [5, 5.41) is 2.88. The number of nitrogens with one attached hydrogen (secondary N) is 1. The van der Waals surface area contributed by atoms with Gasteiger partial charge in [0.25, 0.3) is 5.91 Å². The number of carbonyl (C=O) groups excluding carboxylic acids is 2. The van der Waals surface area contributed by atoms with E-state index in [2.05, 4.69) is 10.2 Å². The van der Waals surface area contributed by atoms with Gasteiger partial charge in [-0.3, -0.25) is 14.5 Å². The number of piperazine rings is 1. The van der Waals surface area contributed by atoms with E-state index in [1.165, 1.54) is 6.26 Å². The van der Waals surface area contributed by atoms with Gasteiger partial charge in [-0.2, -0.15) is 0 Å². The van der Waals surface area contributed by atoms with Gasteiger partial charge in [0.1, 0.15) is 6.04 Å². The number of fused-ring (bicyclic) bond motifs is 1. The van der Waals surface area contributed by atoms with Crippen molar-refractivity contribution >= 4 is 11.8 Å². The second-order valence-electron chi connectivity index (χ2n) is 8.48. The molecule has 5 rings (SSSR count). The lowest BCUT2D eigenvalue weighted by molar-refractivity contribution is -0.135. The van der Waals surface area contributed by atoms with E-state index in [1.807, 2.05) is 53.4 Å². The number of hydrogen-bond acceptors (Lipinski definition) is 6. The van der Waals surface area contributed by atoms with E-state index in [-0.39, 0.29) is 24.4 Å². The molecular formula is C26H27N3O5. The van der Waals surface area contributed by atoms with Crippen molar-refractivity contribution < 1.29 is 23.5 Å². The van der Waals surface area contributed by atoms with Gasteiger partial charge in [0.15, 0.2) is 17.3 Å². The second kappa shape index (κ2) is 10.0. The van der Waals surface area contributed by atoms with Crippen LogP contribution in [0.2, 0.25) is 0 Å². The quantitative estimate of drug-likeness (QED) is 0.583. The Morgan fingerprint density at radius 1 is 0.882 bits per heavy atom. The molecule has 3 heterocycles. The van der Waals surface area contributed by atoms with E-state index in [0.717, 1.165) is 42.3 Å². The zero-order valence-electron chi connectivity index (χ0n) is 18.8. The van der Waals surface area contributed by atoms with E-state index in [1.54, 1.807) is 12.1 Å². The molecule has 0 unspecified atom stereocenters. The Bertz CT molecular complexity index is 1120. The number of amides is 2. The smallest absolute Gasteiger partial charge is 0.287 e. The summed E-state index contributed by atoms with van der Waals surface area (Å²) in [6.07, 6.45) is 1.87. The minimum absolute atomic E-state index is 0.0773. The fraction of sp³-hybridized carbons (Fsp3) is 0.308. The molecule has 0 bridgehead atoms. The van der Waals surface area contributed by atoms with Gasteiger partial charge in [-0.1, -0.05) is 36.4 Å². The molecule has 0 saturated carbocycles. The summed E-state index contributed by atoms with van der Waals surface area (Å²) >= 11 is 0. The summed E-state index contributed by atoms with van der Waals surface area (Å²) < 4.78 is 16.1. The van der Waals surface area contributed by atoms with Gasteiger partial charge >= 0.3 is 0 Å². The van der Waals surface area contributed by atoms with Crippen LogP contribution in [0.25, 0.3) is 0 Å². The number of carbonyl (C=O) groups is 2. The van der Waals surface area contributed by atoms with Crippen molar-refractivity contribution in [2.75, 3.05) is 33.0 Å². The van der Waals surface area contributed by atoms with Crippen LogP contribution in [0.15, 0.2) is 71.3 Å². The molecule has 8 heteroatoms. The van der Waals surface area contributed by atoms with E-state index in [4.69, 9.17) is 13.9 Å². The highest BCUT2D eigenvalue weighted by Gasteiger charge is 2.30. The molecule has 0 radical (unpaired) electrons. The van der Waals surface area contributed by atoms with Gasteiger partial charge < -0.3 is 24.1 Å². The summed E-state index contributed by atoms with van der Waals surface area (Å²) in [7, 11) is 0. The minimum atomic E-state index is -0.666. The van der Waals surface area contributed by atoms with Crippen LogP contribution < -0.4 is 14.8 Å². The molecule has 176 valence electrons. The number of furan rings is 1. The number of nitrogens with zero attached hydrogens (tertiary/aromatic N) is 2. The number of ether oxygens (including phenoxy) is 2. The monoisotopic (exact) mass is 461 g/mol. The normalized spacial score (nSPS) is 16.3. The van der Waals surface area contributed by atoms with Gasteiger partial charge in [-0.15, -0.1) is 0 Å². The Morgan fingerprint density at radius 2 is 1.68 bits per heavy atom. The van der Waals surface area contributed by atoms with Crippen LogP contribution in [0.1, 0.15) is 21.7 Å². The maximum atomic E-state index is 13.4. The van der Waals surface area contributed by atoms with Crippen LogP contribution in [-0.2, 0) is 17.8 Å². The summed E-state index contributed by atoms with van der Waals surface area (Å²) in [6, 6.07) is 18.3. The molecule has 1 N–H and O–H groups in total. The lowest BCUT2D eigenvalue weighted by atomic mass is 10.0. The van der Waals surface area contributed by atoms with E-state index in [9.17, 15) is 9.59 Å².